The van der Waals surface area contributed by atoms with Crippen molar-refractivity contribution in [2.24, 2.45) is 7.05 Å². The van der Waals surface area contributed by atoms with Gasteiger partial charge in [-0.2, -0.15) is 15.1 Å². The van der Waals surface area contributed by atoms with Gasteiger partial charge in [0.1, 0.15) is 5.82 Å². The van der Waals surface area contributed by atoms with Crippen LogP contribution in [0.1, 0.15) is 0 Å². The van der Waals surface area contributed by atoms with Gasteiger partial charge in [-0.3, -0.25) is 4.68 Å². The lowest BCUT2D eigenvalue weighted by molar-refractivity contribution is 0.311. The fourth-order valence-electron chi connectivity index (χ4n) is 2.08. The van der Waals surface area contributed by atoms with Gasteiger partial charge in [0.05, 0.1) is 18.2 Å². The van der Waals surface area contributed by atoms with Crippen LogP contribution in [-0.4, -0.2) is 38.0 Å². The molecule has 22 heavy (non-hydrogen) atoms. The summed E-state index contributed by atoms with van der Waals surface area (Å²) in [5.41, 5.74) is 1.49. The first-order valence-electron chi connectivity index (χ1n) is 6.74. The molecule has 1 aromatic carbocycles. The summed E-state index contributed by atoms with van der Waals surface area (Å²) in [7, 11) is 1.81. The van der Waals surface area contributed by atoms with Crippen LogP contribution in [0.15, 0.2) is 30.5 Å². The van der Waals surface area contributed by atoms with Crippen LogP contribution in [0.3, 0.4) is 0 Å². The van der Waals surface area contributed by atoms with E-state index in [1.54, 1.807) is 23.0 Å². The van der Waals surface area contributed by atoms with E-state index >= 15 is 0 Å². The third kappa shape index (κ3) is 2.95. The van der Waals surface area contributed by atoms with Crippen molar-refractivity contribution in [2.45, 2.75) is 0 Å². The van der Waals surface area contributed by atoms with E-state index in [0.717, 1.165) is 11.1 Å². The average Bonchev–Trinajstić information content (AvgIpc) is 2.87. The zero-order valence-electron chi connectivity index (χ0n) is 11.9. The van der Waals surface area contributed by atoms with Gasteiger partial charge >= 0.3 is 0 Å². The second-order valence-electron chi connectivity index (χ2n) is 4.69. The van der Waals surface area contributed by atoms with Gasteiger partial charge < -0.3 is 15.7 Å². The van der Waals surface area contributed by atoms with Crippen molar-refractivity contribution in [3.8, 4) is 0 Å². The molecular formula is C14H15ClN6O. The molecular weight excluding hydrogens is 304 g/mol. The number of aliphatic hydroxyl groups excluding tert-OH is 1. The predicted octanol–water partition coefficient (Wildman–Crippen LogP) is 2.16. The van der Waals surface area contributed by atoms with Crippen molar-refractivity contribution in [1.82, 2.24) is 19.7 Å². The van der Waals surface area contributed by atoms with E-state index in [1.807, 2.05) is 19.2 Å². The first kappa shape index (κ1) is 14.6. The molecule has 0 unspecified atom stereocenters. The lowest BCUT2D eigenvalue weighted by Crippen LogP contribution is -2.09. The molecule has 0 spiro atoms. The van der Waals surface area contributed by atoms with Crippen molar-refractivity contribution >= 4 is 40.1 Å². The van der Waals surface area contributed by atoms with E-state index in [2.05, 4.69) is 25.7 Å². The van der Waals surface area contributed by atoms with Crippen LogP contribution in [0.2, 0.25) is 5.02 Å². The highest BCUT2D eigenvalue weighted by Gasteiger charge is 2.11. The van der Waals surface area contributed by atoms with Crippen LogP contribution in [0, 0.1) is 0 Å². The molecule has 3 aromatic rings. The minimum absolute atomic E-state index is 0.0167. The van der Waals surface area contributed by atoms with Crippen LogP contribution in [0.25, 0.3) is 11.0 Å². The minimum atomic E-state index is 0.0167. The Bertz CT molecular complexity index is 803. The molecule has 0 fully saturated rings. The number of aryl methyl sites for hydroxylation is 1. The van der Waals surface area contributed by atoms with Gasteiger partial charge in [-0.1, -0.05) is 17.7 Å². The number of benzene rings is 1. The van der Waals surface area contributed by atoms with E-state index in [-0.39, 0.29) is 6.61 Å². The molecule has 3 rings (SSSR count). The number of hydrogen-bond acceptors (Lipinski definition) is 6. The Morgan fingerprint density at radius 2 is 2.18 bits per heavy atom. The number of hydrogen-bond donors (Lipinski definition) is 3. The van der Waals surface area contributed by atoms with E-state index in [4.69, 9.17) is 16.7 Å². The molecule has 0 amide bonds. The molecule has 2 aromatic heterocycles. The summed E-state index contributed by atoms with van der Waals surface area (Å²) in [6, 6.07) is 7.31. The van der Waals surface area contributed by atoms with Crippen LogP contribution in [-0.2, 0) is 7.05 Å². The van der Waals surface area contributed by atoms with Gasteiger partial charge in [-0.05, 0) is 18.2 Å². The van der Waals surface area contributed by atoms with Crippen molar-refractivity contribution < 1.29 is 5.11 Å². The lowest BCUT2D eigenvalue weighted by atomic mass is 10.3. The fourth-order valence-corrected chi connectivity index (χ4v) is 2.27. The molecule has 3 N–H and O–H groups in total. The van der Waals surface area contributed by atoms with E-state index in [9.17, 15) is 0 Å². The van der Waals surface area contributed by atoms with Crippen molar-refractivity contribution in [3.05, 3.63) is 35.5 Å². The summed E-state index contributed by atoms with van der Waals surface area (Å²) in [6.45, 7) is 0.417. The highest BCUT2D eigenvalue weighted by atomic mass is 35.5. The monoisotopic (exact) mass is 318 g/mol. The molecule has 0 aliphatic heterocycles. The minimum Gasteiger partial charge on any atom is -0.395 e. The molecule has 0 saturated carbocycles. The van der Waals surface area contributed by atoms with Gasteiger partial charge in [0.25, 0.3) is 0 Å². The molecule has 0 bridgehead atoms. The smallest absolute Gasteiger partial charge is 0.231 e. The Labute approximate surface area is 132 Å². The Morgan fingerprint density at radius 1 is 1.32 bits per heavy atom. The number of anilines is 3. The standard InChI is InChI=1S/C14H15ClN6O/c1-21-13-11(8-17-21)12(16-5-6-22)19-14(20-13)18-10-4-2-3-9(15)7-10/h2-4,7-8,22H,5-6H2,1H3,(H2,16,18,19,20). The molecule has 0 atom stereocenters. The number of nitrogens with zero attached hydrogens (tertiary/aromatic N) is 4. The Morgan fingerprint density at radius 3 is 2.95 bits per heavy atom. The molecule has 0 radical (unpaired) electrons. The highest BCUT2D eigenvalue weighted by molar-refractivity contribution is 6.30. The molecule has 8 heteroatoms. The van der Waals surface area contributed by atoms with Gasteiger partial charge in [0.2, 0.25) is 5.95 Å². The third-order valence-electron chi connectivity index (χ3n) is 3.08. The van der Waals surface area contributed by atoms with Crippen LogP contribution in [0.4, 0.5) is 17.5 Å². The largest absolute Gasteiger partial charge is 0.395 e. The average molecular weight is 319 g/mol. The van der Waals surface area contributed by atoms with Crippen molar-refractivity contribution in [2.75, 3.05) is 23.8 Å². The van der Waals surface area contributed by atoms with Gasteiger partial charge in [-0.15, -0.1) is 0 Å². The van der Waals surface area contributed by atoms with E-state index in [1.165, 1.54) is 0 Å². The quantitative estimate of drug-likeness (QED) is 0.668. The predicted molar refractivity (Wildman–Crippen MR) is 86.6 cm³/mol. The number of rotatable bonds is 5. The van der Waals surface area contributed by atoms with Gasteiger partial charge in [0.15, 0.2) is 5.65 Å². The van der Waals surface area contributed by atoms with Crippen molar-refractivity contribution in [3.63, 3.8) is 0 Å². The molecule has 7 nitrogen and oxygen atoms in total. The number of aromatic nitrogens is 4. The Hall–Kier alpha value is -2.38. The fraction of sp³-hybridized carbons (Fsp3) is 0.214. The zero-order valence-corrected chi connectivity index (χ0v) is 12.7. The highest BCUT2D eigenvalue weighted by Crippen LogP contribution is 2.24. The van der Waals surface area contributed by atoms with Crippen molar-refractivity contribution in [1.29, 1.82) is 0 Å². The maximum absolute atomic E-state index is 8.98. The first-order chi connectivity index (χ1) is 10.7. The Kier molecular flexibility index (Phi) is 4.08. The first-order valence-corrected chi connectivity index (χ1v) is 7.12. The Balaban J connectivity index is 2.00. The van der Waals surface area contributed by atoms with Crippen LogP contribution < -0.4 is 10.6 Å². The maximum atomic E-state index is 8.98. The maximum Gasteiger partial charge on any atom is 0.231 e. The lowest BCUT2D eigenvalue weighted by Gasteiger charge is -2.09. The zero-order chi connectivity index (χ0) is 15.5. The molecule has 0 aliphatic rings. The van der Waals surface area contributed by atoms with E-state index < -0.39 is 0 Å². The summed E-state index contributed by atoms with van der Waals surface area (Å²) >= 11 is 5.98. The molecule has 2 heterocycles. The summed E-state index contributed by atoms with van der Waals surface area (Å²) in [4.78, 5) is 8.90. The summed E-state index contributed by atoms with van der Waals surface area (Å²) in [5.74, 6) is 1.05. The van der Waals surface area contributed by atoms with Gasteiger partial charge in [0, 0.05) is 24.3 Å². The topological polar surface area (TPSA) is 87.9 Å². The van der Waals surface area contributed by atoms with Gasteiger partial charge in [-0.25, -0.2) is 0 Å². The second kappa shape index (κ2) is 6.17. The van der Waals surface area contributed by atoms with E-state index in [0.29, 0.717) is 29.0 Å². The van der Waals surface area contributed by atoms with Crippen LogP contribution in [0.5, 0.6) is 0 Å². The number of halogens is 1. The summed E-state index contributed by atoms with van der Waals surface area (Å²) in [5, 5.41) is 20.8. The number of aliphatic hydroxyl groups is 1. The summed E-state index contributed by atoms with van der Waals surface area (Å²) in [6.07, 6.45) is 1.69. The second-order valence-corrected chi connectivity index (χ2v) is 5.12. The summed E-state index contributed by atoms with van der Waals surface area (Å²) < 4.78 is 1.67. The number of fused-ring (bicyclic) bond motifs is 1. The third-order valence-corrected chi connectivity index (χ3v) is 3.31. The molecule has 114 valence electrons. The SMILES string of the molecule is Cn1ncc2c(NCCO)nc(Nc3cccc(Cl)c3)nc21. The number of nitrogens with one attached hydrogen (secondary N) is 2. The molecule has 0 saturated heterocycles. The molecule has 0 aliphatic carbocycles. The van der Waals surface area contributed by atoms with Crippen LogP contribution >= 0.6 is 11.6 Å². The normalized spacial score (nSPS) is 10.9.